The zero-order chi connectivity index (χ0) is 13.7. The van der Waals surface area contributed by atoms with Gasteiger partial charge in [0.1, 0.15) is 0 Å². The lowest BCUT2D eigenvalue weighted by Crippen LogP contribution is -2.27. The molecule has 0 aliphatic rings. The number of hydrazine groups is 1. The number of nitrogens with two attached hydrogens (primary N) is 1. The molecule has 0 radical (unpaired) electrons. The van der Waals surface area contributed by atoms with E-state index in [0.29, 0.717) is 29.2 Å². The summed E-state index contributed by atoms with van der Waals surface area (Å²) in [5.74, 6) is 5.15. The van der Waals surface area contributed by atoms with Gasteiger partial charge in [0.05, 0.1) is 16.3 Å². The molecule has 0 saturated carbocycles. The number of aromatic nitrogens is 1. The number of halogens is 1. The zero-order valence-electron chi connectivity index (χ0n) is 10.0. The summed E-state index contributed by atoms with van der Waals surface area (Å²) in [5.41, 5.74) is 3.44. The van der Waals surface area contributed by atoms with Crippen molar-refractivity contribution in [1.29, 1.82) is 0 Å². The molecule has 1 aromatic carbocycles. The van der Waals surface area contributed by atoms with Crippen LogP contribution in [-0.2, 0) is 6.42 Å². The summed E-state index contributed by atoms with van der Waals surface area (Å²) in [6.45, 7) is 0.517. The fraction of sp³-hybridized carbons (Fsp3) is 0.167. The van der Waals surface area contributed by atoms with Crippen LogP contribution in [0.15, 0.2) is 29.8 Å². The van der Waals surface area contributed by atoms with E-state index in [-0.39, 0.29) is 5.91 Å². The first-order chi connectivity index (χ1) is 9.20. The molecule has 1 heterocycles. The predicted octanol–water partition coefficient (Wildman–Crippen LogP) is 2.05. The SMILES string of the molecule is NNc1ccc(Cl)cc1C(=O)NCCc1nccs1. The van der Waals surface area contributed by atoms with Crippen molar-refractivity contribution < 1.29 is 4.79 Å². The van der Waals surface area contributed by atoms with E-state index in [1.807, 2.05) is 5.38 Å². The molecule has 100 valence electrons. The van der Waals surface area contributed by atoms with Gasteiger partial charge in [-0.1, -0.05) is 11.6 Å². The number of benzene rings is 1. The lowest BCUT2D eigenvalue weighted by Gasteiger charge is -2.09. The Balaban J connectivity index is 1.97. The third kappa shape index (κ3) is 3.66. The number of nitrogens with one attached hydrogen (secondary N) is 2. The number of carbonyl (C=O) groups is 1. The summed E-state index contributed by atoms with van der Waals surface area (Å²) in [7, 11) is 0. The van der Waals surface area contributed by atoms with Crippen LogP contribution in [-0.4, -0.2) is 17.4 Å². The molecular formula is C12H13ClN4OS. The molecule has 0 fully saturated rings. The average Bonchev–Trinajstić information content (AvgIpc) is 2.91. The number of carbonyl (C=O) groups excluding carboxylic acids is 1. The Morgan fingerprint density at radius 1 is 1.47 bits per heavy atom. The molecular weight excluding hydrogens is 284 g/mol. The van der Waals surface area contributed by atoms with E-state index >= 15 is 0 Å². The molecule has 0 spiro atoms. The molecule has 0 atom stereocenters. The van der Waals surface area contributed by atoms with Crippen LogP contribution in [0.1, 0.15) is 15.4 Å². The van der Waals surface area contributed by atoms with Crippen LogP contribution >= 0.6 is 22.9 Å². The second kappa shape index (κ2) is 6.51. The number of nitrogen functional groups attached to an aromatic ring is 1. The Kier molecular flexibility index (Phi) is 4.73. The van der Waals surface area contributed by atoms with Crippen molar-refractivity contribution in [3.63, 3.8) is 0 Å². The Labute approximate surface area is 119 Å². The molecule has 5 nitrogen and oxygen atoms in total. The molecule has 0 unspecified atom stereocenters. The van der Waals surface area contributed by atoms with Crippen LogP contribution in [0.25, 0.3) is 0 Å². The van der Waals surface area contributed by atoms with Crippen molar-refractivity contribution in [3.05, 3.63) is 45.4 Å². The van der Waals surface area contributed by atoms with Crippen molar-refractivity contribution in [2.75, 3.05) is 12.0 Å². The van der Waals surface area contributed by atoms with Gasteiger partial charge in [0.15, 0.2) is 0 Å². The summed E-state index contributed by atoms with van der Waals surface area (Å²) in [5, 5.41) is 6.20. The van der Waals surface area contributed by atoms with Gasteiger partial charge in [-0.15, -0.1) is 11.3 Å². The second-order valence-electron chi connectivity index (χ2n) is 3.77. The summed E-state index contributed by atoms with van der Waals surface area (Å²) in [4.78, 5) is 16.2. The predicted molar refractivity (Wildman–Crippen MR) is 77.4 cm³/mol. The standard InChI is InChI=1S/C12H13ClN4OS/c13-8-1-2-10(17-14)9(7-8)12(18)16-4-3-11-15-5-6-19-11/h1-2,5-7,17H,3-4,14H2,(H,16,18). The van der Waals surface area contributed by atoms with Crippen molar-refractivity contribution in [3.8, 4) is 0 Å². The van der Waals surface area contributed by atoms with E-state index in [1.54, 1.807) is 35.7 Å². The summed E-state index contributed by atoms with van der Waals surface area (Å²) >= 11 is 7.44. The van der Waals surface area contributed by atoms with Gasteiger partial charge in [-0.05, 0) is 18.2 Å². The van der Waals surface area contributed by atoms with Crippen molar-refractivity contribution >= 4 is 34.5 Å². The van der Waals surface area contributed by atoms with E-state index in [9.17, 15) is 4.79 Å². The lowest BCUT2D eigenvalue weighted by molar-refractivity contribution is 0.0955. The van der Waals surface area contributed by atoms with Crippen LogP contribution in [0.5, 0.6) is 0 Å². The van der Waals surface area contributed by atoms with Gasteiger partial charge in [0, 0.05) is 29.6 Å². The van der Waals surface area contributed by atoms with E-state index in [1.165, 1.54) is 0 Å². The number of thiazole rings is 1. The fourth-order valence-electron chi connectivity index (χ4n) is 1.58. The molecule has 2 rings (SSSR count). The van der Waals surface area contributed by atoms with Gasteiger partial charge in [0.2, 0.25) is 0 Å². The Morgan fingerprint density at radius 2 is 2.32 bits per heavy atom. The Hall–Kier alpha value is -1.63. The fourth-order valence-corrected chi connectivity index (χ4v) is 2.38. The summed E-state index contributed by atoms with van der Waals surface area (Å²) < 4.78 is 0. The number of hydrogen-bond donors (Lipinski definition) is 3. The highest BCUT2D eigenvalue weighted by molar-refractivity contribution is 7.09. The number of hydrogen-bond acceptors (Lipinski definition) is 5. The van der Waals surface area contributed by atoms with Crippen LogP contribution in [0.2, 0.25) is 5.02 Å². The Morgan fingerprint density at radius 3 is 3.00 bits per heavy atom. The maximum atomic E-state index is 12.0. The van der Waals surface area contributed by atoms with Crippen LogP contribution in [0.4, 0.5) is 5.69 Å². The van der Waals surface area contributed by atoms with Gasteiger partial charge in [-0.3, -0.25) is 10.6 Å². The highest BCUT2D eigenvalue weighted by Crippen LogP contribution is 2.19. The molecule has 0 aliphatic heterocycles. The van der Waals surface area contributed by atoms with E-state index in [0.717, 1.165) is 5.01 Å². The van der Waals surface area contributed by atoms with Gasteiger partial charge in [-0.2, -0.15) is 0 Å². The molecule has 7 heteroatoms. The van der Waals surface area contributed by atoms with E-state index in [2.05, 4.69) is 15.7 Å². The molecule has 1 aromatic heterocycles. The van der Waals surface area contributed by atoms with Gasteiger partial charge >= 0.3 is 0 Å². The van der Waals surface area contributed by atoms with Crippen molar-refractivity contribution in [1.82, 2.24) is 10.3 Å². The van der Waals surface area contributed by atoms with Crippen molar-refractivity contribution in [2.45, 2.75) is 6.42 Å². The van der Waals surface area contributed by atoms with E-state index < -0.39 is 0 Å². The van der Waals surface area contributed by atoms with Crippen LogP contribution in [0, 0.1) is 0 Å². The molecule has 19 heavy (non-hydrogen) atoms. The molecule has 2 aromatic rings. The topological polar surface area (TPSA) is 80.0 Å². The summed E-state index contributed by atoms with van der Waals surface area (Å²) in [6.07, 6.45) is 2.45. The highest BCUT2D eigenvalue weighted by atomic mass is 35.5. The van der Waals surface area contributed by atoms with Crippen LogP contribution in [0.3, 0.4) is 0 Å². The molecule has 1 amide bonds. The minimum atomic E-state index is -0.216. The highest BCUT2D eigenvalue weighted by Gasteiger charge is 2.11. The molecule has 0 saturated heterocycles. The van der Waals surface area contributed by atoms with Crippen molar-refractivity contribution in [2.24, 2.45) is 5.84 Å². The average molecular weight is 297 g/mol. The second-order valence-corrected chi connectivity index (χ2v) is 5.18. The monoisotopic (exact) mass is 296 g/mol. The summed E-state index contributed by atoms with van der Waals surface area (Å²) in [6, 6.07) is 4.91. The molecule has 0 aliphatic carbocycles. The number of anilines is 1. The van der Waals surface area contributed by atoms with Gasteiger partial charge in [0.25, 0.3) is 5.91 Å². The molecule has 0 bridgehead atoms. The number of amides is 1. The first-order valence-electron chi connectivity index (χ1n) is 5.63. The smallest absolute Gasteiger partial charge is 0.253 e. The molecule has 4 N–H and O–H groups in total. The number of nitrogens with zero attached hydrogens (tertiary/aromatic N) is 1. The quantitative estimate of drug-likeness (QED) is 0.583. The largest absolute Gasteiger partial charge is 0.352 e. The third-order valence-electron chi connectivity index (χ3n) is 2.49. The van der Waals surface area contributed by atoms with Gasteiger partial charge in [-0.25, -0.2) is 4.98 Å². The number of rotatable bonds is 5. The first-order valence-corrected chi connectivity index (χ1v) is 6.89. The normalized spacial score (nSPS) is 10.2. The maximum absolute atomic E-state index is 12.0. The lowest BCUT2D eigenvalue weighted by atomic mass is 10.1. The van der Waals surface area contributed by atoms with Crippen LogP contribution < -0.4 is 16.6 Å². The van der Waals surface area contributed by atoms with Gasteiger partial charge < -0.3 is 10.7 Å². The minimum Gasteiger partial charge on any atom is -0.352 e. The minimum absolute atomic E-state index is 0.216. The zero-order valence-corrected chi connectivity index (χ0v) is 11.6. The maximum Gasteiger partial charge on any atom is 0.253 e. The van der Waals surface area contributed by atoms with E-state index in [4.69, 9.17) is 17.4 Å². The first kappa shape index (κ1) is 13.8. The third-order valence-corrected chi connectivity index (χ3v) is 3.56. The Bertz CT molecular complexity index is 559.